The predicted molar refractivity (Wildman–Crippen MR) is 120 cm³/mol. The minimum Gasteiger partial charge on any atom is -0.449 e. The van der Waals surface area contributed by atoms with Crippen molar-refractivity contribution in [1.82, 2.24) is 5.32 Å². The number of rotatable bonds is 6. The lowest BCUT2D eigenvalue weighted by atomic mass is 9.98. The van der Waals surface area contributed by atoms with Gasteiger partial charge in [-0.15, -0.1) is 0 Å². The summed E-state index contributed by atoms with van der Waals surface area (Å²) in [5.74, 6) is 0.0220. The number of nitrogens with one attached hydrogen (secondary N) is 1. The maximum Gasteiger partial charge on any atom is 0.407 e. The molecular weight excluding hydrogens is 394 g/mol. The van der Waals surface area contributed by atoms with E-state index >= 15 is 0 Å². The third-order valence-corrected chi connectivity index (χ3v) is 6.06. The third kappa shape index (κ3) is 4.57. The topological polar surface area (TPSA) is 55.4 Å². The third-order valence-electron chi connectivity index (χ3n) is 5.16. The van der Waals surface area contributed by atoms with Crippen LogP contribution in [0, 0.1) is 0 Å². The first kappa shape index (κ1) is 20.2. The number of alkyl carbamates (subject to hydrolysis) is 1. The lowest BCUT2D eigenvalue weighted by molar-refractivity contribution is -0.111. The zero-order chi connectivity index (χ0) is 20.9. The second-order valence-corrected chi connectivity index (χ2v) is 8.49. The average molecular weight is 418 g/mol. The molecule has 0 heterocycles. The zero-order valence-corrected chi connectivity index (χ0v) is 17.5. The first-order chi connectivity index (χ1) is 14.6. The number of carbonyl (C=O) groups is 2. The molecule has 0 bridgehead atoms. The Balaban J connectivity index is 1.31. The van der Waals surface area contributed by atoms with E-state index in [-0.39, 0.29) is 30.1 Å². The van der Waals surface area contributed by atoms with Crippen molar-refractivity contribution >= 4 is 23.0 Å². The van der Waals surface area contributed by atoms with E-state index in [2.05, 4.69) is 29.6 Å². The van der Waals surface area contributed by atoms with Crippen LogP contribution in [0.3, 0.4) is 0 Å². The van der Waals surface area contributed by atoms with Crippen LogP contribution in [-0.2, 0) is 9.53 Å². The summed E-state index contributed by atoms with van der Waals surface area (Å²) in [5.41, 5.74) is 4.74. The van der Waals surface area contributed by atoms with Crippen molar-refractivity contribution in [2.45, 2.75) is 30.2 Å². The van der Waals surface area contributed by atoms with Crippen LogP contribution in [-0.4, -0.2) is 23.9 Å². The summed E-state index contributed by atoms with van der Waals surface area (Å²) in [6.45, 7) is 2.07. The summed E-state index contributed by atoms with van der Waals surface area (Å²) in [6, 6.07) is 25.6. The summed E-state index contributed by atoms with van der Waals surface area (Å²) < 4.78 is 5.54. The number of amides is 1. The monoisotopic (exact) mass is 417 g/mol. The molecule has 0 saturated carbocycles. The molecular formula is C25H23NO3S. The highest BCUT2D eigenvalue weighted by Crippen LogP contribution is 2.44. The van der Waals surface area contributed by atoms with Gasteiger partial charge in [0.25, 0.3) is 0 Å². The maximum atomic E-state index is 12.3. The van der Waals surface area contributed by atoms with Crippen LogP contribution in [0.25, 0.3) is 11.1 Å². The standard InChI is InChI=1S/C25H23NO3S/c1-17(15-24(27)30-18-9-3-2-4-10-18)26-25(28)29-16-23-21-13-7-5-11-19(21)20-12-6-8-14-22(20)23/h2-14,17,23H,15-16H2,1H3,(H,26,28). The van der Waals surface area contributed by atoms with E-state index in [1.165, 1.54) is 34.0 Å². The van der Waals surface area contributed by atoms with Crippen molar-refractivity contribution in [3.05, 3.63) is 90.0 Å². The van der Waals surface area contributed by atoms with Crippen LogP contribution in [0.4, 0.5) is 4.79 Å². The SMILES string of the molecule is CC(CC(=O)Sc1ccccc1)NC(=O)OCC1c2ccccc2-c2ccccc21. The molecule has 0 spiro atoms. The second kappa shape index (κ2) is 9.18. The van der Waals surface area contributed by atoms with Crippen LogP contribution in [0.15, 0.2) is 83.8 Å². The number of benzene rings is 3. The number of hydrogen-bond donors (Lipinski definition) is 1. The molecule has 0 aromatic heterocycles. The molecule has 1 aliphatic rings. The van der Waals surface area contributed by atoms with Gasteiger partial charge in [-0.3, -0.25) is 4.79 Å². The van der Waals surface area contributed by atoms with E-state index in [0.29, 0.717) is 0 Å². The van der Waals surface area contributed by atoms with Crippen LogP contribution >= 0.6 is 11.8 Å². The summed E-state index contributed by atoms with van der Waals surface area (Å²) in [7, 11) is 0. The van der Waals surface area contributed by atoms with Gasteiger partial charge in [0.05, 0.1) is 0 Å². The molecule has 0 aliphatic heterocycles. The fourth-order valence-electron chi connectivity index (χ4n) is 3.80. The largest absolute Gasteiger partial charge is 0.449 e. The van der Waals surface area contributed by atoms with Gasteiger partial charge in [-0.1, -0.05) is 78.5 Å². The Labute approximate surface area is 180 Å². The number of hydrogen-bond acceptors (Lipinski definition) is 4. The summed E-state index contributed by atoms with van der Waals surface area (Å²) in [5, 5.41) is 2.78. The van der Waals surface area contributed by atoms with Gasteiger partial charge in [0.1, 0.15) is 6.61 Å². The second-order valence-electron chi connectivity index (χ2n) is 7.36. The Kier molecular flexibility index (Phi) is 6.19. The number of thioether (sulfide) groups is 1. The zero-order valence-electron chi connectivity index (χ0n) is 16.7. The smallest absolute Gasteiger partial charge is 0.407 e. The highest BCUT2D eigenvalue weighted by atomic mass is 32.2. The Bertz CT molecular complexity index is 1010. The minimum atomic E-state index is -0.498. The highest BCUT2D eigenvalue weighted by Gasteiger charge is 2.29. The number of fused-ring (bicyclic) bond motifs is 3. The molecule has 3 aromatic rings. The molecule has 30 heavy (non-hydrogen) atoms. The first-order valence-electron chi connectivity index (χ1n) is 9.99. The minimum absolute atomic E-state index is 0.00708. The van der Waals surface area contributed by atoms with Gasteiger partial charge in [0.15, 0.2) is 5.12 Å². The van der Waals surface area contributed by atoms with Crippen LogP contribution in [0.1, 0.15) is 30.4 Å². The molecule has 0 fully saturated rings. The fraction of sp³-hybridized carbons (Fsp3) is 0.200. The molecule has 4 rings (SSSR count). The van der Waals surface area contributed by atoms with E-state index in [1.807, 2.05) is 61.5 Å². The van der Waals surface area contributed by atoms with Gasteiger partial charge in [-0.05, 0) is 41.3 Å². The molecule has 3 aromatic carbocycles. The molecule has 0 radical (unpaired) electrons. The quantitative estimate of drug-likeness (QED) is 0.529. The van der Waals surface area contributed by atoms with E-state index < -0.39 is 6.09 Å². The van der Waals surface area contributed by atoms with Crippen molar-refractivity contribution in [2.75, 3.05) is 6.61 Å². The molecule has 1 aliphatic carbocycles. The molecule has 1 N–H and O–H groups in total. The summed E-state index contributed by atoms with van der Waals surface area (Å²) in [4.78, 5) is 25.4. The fourth-order valence-corrected chi connectivity index (χ4v) is 4.69. The Hall–Kier alpha value is -3.05. The lowest BCUT2D eigenvalue weighted by Gasteiger charge is -2.17. The van der Waals surface area contributed by atoms with Crippen molar-refractivity contribution in [1.29, 1.82) is 0 Å². The molecule has 4 nitrogen and oxygen atoms in total. The van der Waals surface area contributed by atoms with Crippen LogP contribution < -0.4 is 5.32 Å². The first-order valence-corrected chi connectivity index (χ1v) is 10.8. The van der Waals surface area contributed by atoms with E-state index in [9.17, 15) is 9.59 Å². The average Bonchev–Trinajstić information content (AvgIpc) is 3.06. The lowest BCUT2D eigenvalue weighted by Crippen LogP contribution is -2.35. The van der Waals surface area contributed by atoms with Crippen molar-refractivity contribution in [2.24, 2.45) is 0 Å². The molecule has 1 amide bonds. The van der Waals surface area contributed by atoms with Gasteiger partial charge < -0.3 is 10.1 Å². The normalized spacial score (nSPS) is 13.2. The van der Waals surface area contributed by atoms with Crippen molar-refractivity contribution in [3.8, 4) is 11.1 Å². The van der Waals surface area contributed by atoms with E-state index in [1.54, 1.807) is 0 Å². The molecule has 152 valence electrons. The van der Waals surface area contributed by atoms with Gasteiger partial charge in [-0.25, -0.2) is 4.79 Å². The molecule has 1 unspecified atom stereocenters. The van der Waals surface area contributed by atoms with Gasteiger partial charge in [0, 0.05) is 23.3 Å². The number of carbonyl (C=O) groups excluding carboxylic acids is 2. The van der Waals surface area contributed by atoms with Gasteiger partial charge in [0.2, 0.25) is 0 Å². The maximum absolute atomic E-state index is 12.3. The van der Waals surface area contributed by atoms with Gasteiger partial charge >= 0.3 is 6.09 Å². The van der Waals surface area contributed by atoms with Gasteiger partial charge in [-0.2, -0.15) is 0 Å². The Morgan fingerprint density at radius 3 is 2.10 bits per heavy atom. The molecule has 1 atom stereocenters. The van der Waals surface area contributed by atoms with Crippen LogP contribution in [0.5, 0.6) is 0 Å². The van der Waals surface area contributed by atoms with E-state index in [0.717, 1.165) is 4.90 Å². The van der Waals surface area contributed by atoms with Crippen molar-refractivity contribution in [3.63, 3.8) is 0 Å². The highest BCUT2D eigenvalue weighted by molar-refractivity contribution is 8.13. The predicted octanol–water partition coefficient (Wildman–Crippen LogP) is 5.62. The Morgan fingerprint density at radius 2 is 1.47 bits per heavy atom. The van der Waals surface area contributed by atoms with Crippen LogP contribution in [0.2, 0.25) is 0 Å². The summed E-state index contributed by atoms with van der Waals surface area (Å²) in [6.07, 6.45) is -0.258. The summed E-state index contributed by atoms with van der Waals surface area (Å²) >= 11 is 1.19. The molecule has 0 saturated heterocycles. The molecule has 5 heteroatoms. The Morgan fingerprint density at radius 1 is 0.900 bits per heavy atom. The van der Waals surface area contributed by atoms with E-state index in [4.69, 9.17) is 4.74 Å². The number of ether oxygens (including phenoxy) is 1. The van der Waals surface area contributed by atoms with Crippen molar-refractivity contribution < 1.29 is 14.3 Å².